The van der Waals surface area contributed by atoms with Gasteiger partial charge in [-0.05, 0) is 35.9 Å². The summed E-state index contributed by atoms with van der Waals surface area (Å²) in [6.45, 7) is 0.844. The van der Waals surface area contributed by atoms with Crippen LogP contribution in [0.15, 0.2) is 36.4 Å². The summed E-state index contributed by atoms with van der Waals surface area (Å²) in [6, 6.07) is 9.28. The van der Waals surface area contributed by atoms with Crippen molar-refractivity contribution in [2.75, 3.05) is 13.2 Å². The highest BCUT2D eigenvalue weighted by Gasteiger charge is 2.21. The Hall–Kier alpha value is -2.07. The van der Waals surface area contributed by atoms with Crippen molar-refractivity contribution < 1.29 is 18.7 Å². The van der Waals surface area contributed by atoms with Gasteiger partial charge in [0.15, 0.2) is 17.3 Å². The van der Waals surface area contributed by atoms with Gasteiger partial charge in [0.2, 0.25) is 0 Å². The lowest BCUT2D eigenvalue weighted by molar-refractivity contribution is 0.0980. The van der Waals surface area contributed by atoms with Gasteiger partial charge in [0.05, 0.1) is 5.56 Å². The Morgan fingerprint density at radius 1 is 1.19 bits per heavy atom. The van der Waals surface area contributed by atoms with Crippen LogP contribution in [-0.2, 0) is 6.42 Å². The fraction of sp³-hybridized carbons (Fsp3) is 0.188. The molecule has 2 aromatic rings. The predicted molar refractivity (Wildman–Crippen MR) is 76.9 cm³/mol. The molecule has 0 unspecified atom stereocenters. The number of ether oxygens (including phenoxy) is 2. The highest BCUT2D eigenvalue weighted by Crippen LogP contribution is 2.34. The number of benzene rings is 2. The van der Waals surface area contributed by atoms with Crippen molar-refractivity contribution in [2.45, 2.75) is 6.42 Å². The Kier molecular flexibility index (Phi) is 3.80. The lowest BCUT2D eigenvalue weighted by atomic mass is 10.0. The van der Waals surface area contributed by atoms with Crippen LogP contribution in [0.4, 0.5) is 4.39 Å². The van der Waals surface area contributed by atoms with Crippen molar-refractivity contribution in [3.8, 4) is 11.5 Å². The maximum absolute atomic E-state index is 13.7. The normalized spacial score (nSPS) is 13.0. The molecule has 0 radical (unpaired) electrons. The van der Waals surface area contributed by atoms with E-state index in [0.717, 1.165) is 0 Å². The number of hydrogen-bond donors (Lipinski definition) is 0. The van der Waals surface area contributed by atoms with E-state index in [4.69, 9.17) is 21.1 Å². The van der Waals surface area contributed by atoms with E-state index in [0.29, 0.717) is 35.3 Å². The van der Waals surface area contributed by atoms with E-state index in [1.807, 2.05) is 0 Å². The molecule has 0 atom stereocenters. The first-order valence-electron chi connectivity index (χ1n) is 6.51. The molecule has 5 heteroatoms. The maximum Gasteiger partial charge on any atom is 0.172 e. The second-order valence-corrected chi connectivity index (χ2v) is 5.10. The molecule has 0 aromatic heterocycles. The molecule has 0 saturated heterocycles. The molecule has 0 bridgehead atoms. The van der Waals surface area contributed by atoms with E-state index in [9.17, 15) is 9.18 Å². The van der Waals surface area contributed by atoms with Gasteiger partial charge in [-0.2, -0.15) is 0 Å². The number of rotatable bonds is 3. The third-order valence-corrected chi connectivity index (χ3v) is 3.46. The minimum Gasteiger partial charge on any atom is -0.486 e. The van der Waals surface area contributed by atoms with Crippen molar-refractivity contribution in [2.24, 2.45) is 0 Å². The van der Waals surface area contributed by atoms with Gasteiger partial charge in [-0.3, -0.25) is 4.79 Å². The van der Waals surface area contributed by atoms with Crippen molar-refractivity contribution in [1.82, 2.24) is 0 Å². The molecule has 2 aromatic carbocycles. The van der Waals surface area contributed by atoms with Gasteiger partial charge >= 0.3 is 0 Å². The summed E-state index contributed by atoms with van der Waals surface area (Å²) >= 11 is 5.84. The molecule has 1 aliphatic heterocycles. The Morgan fingerprint density at radius 3 is 2.86 bits per heavy atom. The molecule has 3 nitrogen and oxygen atoms in total. The van der Waals surface area contributed by atoms with E-state index < -0.39 is 5.82 Å². The highest BCUT2D eigenvalue weighted by atomic mass is 35.5. The molecular formula is C16H12ClFO3. The van der Waals surface area contributed by atoms with Crippen molar-refractivity contribution in [3.63, 3.8) is 0 Å². The minimum absolute atomic E-state index is 0.0772. The summed E-state index contributed by atoms with van der Waals surface area (Å²) in [7, 11) is 0. The highest BCUT2D eigenvalue weighted by molar-refractivity contribution is 6.30. The molecule has 0 spiro atoms. The number of Topliss-reactive ketones (excluding diaryl/α,β-unsaturated/α-hetero) is 1. The lowest BCUT2D eigenvalue weighted by Gasteiger charge is -2.20. The van der Waals surface area contributed by atoms with E-state index in [-0.39, 0.29) is 17.8 Å². The summed E-state index contributed by atoms with van der Waals surface area (Å²) in [5.74, 6) is 0.281. The number of fused-ring (bicyclic) bond motifs is 1. The first kappa shape index (κ1) is 13.9. The average molecular weight is 307 g/mol. The summed E-state index contributed by atoms with van der Waals surface area (Å²) < 4.78 is 24.7. The van der Waals surface area contributed by atoms with Gasteiger partial charge in [-0.15, -0.1) is 0 Å². The molecule has 0 amide bonds. The fourth-order valence-corrected chi connectivity index (χ4v) is 2.43. The van der Waals surface area contributed by atoms with Crippen LogP contribution in [0.1, 0.15) is 15.9 Å². The number of carbonyl (C=O) groups is 1. The lowest BCUT2D eigenvalue weighted by Crippen LogP contribution is -2.18. The number of hydrogen-bond acceptors (Lipinski definition) is 3. The van der Waals surface area contributed by atoms with Crippen LogP contribution in [0.5, 0.6) is 11.5 Å². The number of halogens is 2. The smallest absolute Gasteiger partial charge is 0.172 e. The van der Waals surface area contributed by atoms with Gasteiger partial charge in [0.25, 0.3) is 0 Å². The quantitative estimate of drug-likeness (QED) is 0.812. The number of carbonyl (C=O) groups excluding carboxylic acids is 1. The molecule has 0 fully saturated rings. The Labute approximate surface area is 126 Å². The molecule has 0 aliphatic carbocycles. The second kappa shape index (κ2) is 5.74. The maximum atomic E-state index is 13.7. The molecule has 3 rings (SSSR count). The standard InChI is InChI=1S/C16H12ClFO3/c17-11-4-5-13(18)10(8-11)9-14(19)12-2-1-3-15-16(12)21-7-6-20-15/h1-5,8H,6-7,9H2. The monoisotopic (exact) mass is 306 g/mol. The summed E-state index contributed by atoms with van der Waals surface area (Å²) in [5.41, 5.74) is 0.661. The second-order valence-electron chi connectivity index (χ2n) is 4.67. The average Bonchev–Trinajstić information content (AvgIpc) is 2.50. The van der Waals surface area contributed by atoms with Crippen LogP contribution < -0.4 is 9.47 Å². The van der Waals surface area contributed by atoms with Crippen LogP contribution >= 0.6 is 11.6 Å². The zero-order valence-electron chi connectivity index (χ0n) is 11.1. The third-order valence-electron chi connectivity index (χ3n) is 3.23. The van der Waals surface area contributed by atoms with E-state index in [2.05, 4.69) is 0 Å². The first-order valence-corrected chi connectivity index (χ1v) is 6.88. The third kappa shape index (κ3) is 2.85. The zero-order chi connectivity index (χ0) is 14.8. The van der Waals surface area contributed by atoms with E-state index in [1.165, 1.54) is 18.2 Å². The van der Waals surface area contributed by atoms with Gasteiger partial charge in [0.1, 0.15) is 19.0 Å². The number of para-hydroxylation sites is 1. The van der Waals surface area contributed by atoms with Crippen molar-refractivity contribution >= 4 is 17.4 Å². The minimum atomic E-state index is -0.449. The van der Waals surface area contributed by atoms with Crippen LogP contribution in [0.25, 0.3) is 0 Å². The SMILES string of the molecule is O=C(Cc1cc(Cl)ccc1F)c1cccc2c1OCCO2. The van der Waals surface area contributed by atoms with Gasteiger partial charge < -0.3 is 9.47 Å². The molecule has 1 aliphatic rings. The van der Waals surface area contributed by atoms with E-state index in [1.54, 1.807) is 18.2 Å². The fourth-order valence-electron chi connectivity index (χ4n) is 2.24. The van der Waals surface area contributed by atoms with Gasteiger partial charge in [-0.1, -0.05) is 17.7 Å². The topological polar surface area (TPSA) is 35.5 Å². The molecular weight excluding hydrogens is 295 g/mol. The van der Waals surface area contributed by atoms with Crippen LogP contribution in [0.2, 0.25) is 5.02 Å². The molecule has 0 N–H and O–H groups in total. The van der Waals surface area contributed by atoms with Crippen LogP contribution in [-0.4, -0.2) is 19.0 Å². The molecule has 108 valence electrons. The van der Waals surface area contributed by atoms with Crippen molar-refractivity contribution in [3.05, 3.63) is 58.4 Å². The van der Waals surface area contributed by atoms with Crippen LogP contribution in [0, 0.1) is 5.82 Å². The Balaban J connectivity index is 1.91. The van der Waals surface area contributed by atoms with Gasteiger partial charge in [0, 0.05) is 11.4 Å². The molecule has 1 heterocycles. The summed E-state index contributed by atoms with van der Waals surface area (Å²) in [6.07, 6.45) is -0.0772. The zero-order valence-corrected chi connectivity index (χ0v) is 11.8. The Bertz CT molecular complexity index is 700. The van der Waals surface area contributed by atoms with E-state index >= 15 is 0 Å². The largest absolute Gasteiger partial charge is 0.486 e. The van der Waals surface area contributed by atoms with Crippen molar-refractivity contribution in [1.29, 1.82) is 0 Å². The predicted octanol–water partition coefficient (Wildman–Crippen LogP) is 3.68. The molecule has 0 saturated carbocycles. The Morgan fingerprint density at radius 2 is 2.00 bits per heavy atom. The summed E-state index contributed by atoms with van der Waals surface area (Å²) in [4.78, 5) is 12.4. The van der Waals surface area contributed by atoms with Crippen LogP contribution in [0.3, 0.4) is 0 Å². The summed E-state index contributed by atoms with van der Waals surface area (Å²) in [5, 5.41) is 0.397. The first-order chi connectivity index (χ1) is 10.1. The van der Waals surface area contributed by atoms with Gasteiger partial charge in [-0.25, -0.2) is 4.39 Å². The molecule has 21 heavy (non-hydrogen) atoms. The number of ketones is 1.